The average Bonchev–Trinajstić information content (AvgIpc) is 3.72. The van der Waals surface area contributed by atoms with E-state index >= 15 is 0 Å². The second-order valence-electron chi connectivity index (χ2n) is 13.5. The first-order valence-corrected chi connectivity index (χ1v) is 16.2. The number of carbonyl (C=O) groups excluding carboxylic acids is 5. The SMILES string of the molecule is CC(=O)C(CC1CC1)NC(=O)C1C(S)CCN1C(=O)C(NC(=O)NC(C)C(=O)N1CCN(c2ccccc2)CC1)C(C)(C)C. The Morgan fingerprint density at radius 3 is 2.09 bits per heavy atom. The molecule has 1 aromatic carbocycles. The van der Waals surface area contributed by atoms with E-state index in [1.54, 1.807) is 11.8 Å². The third-order valence-corrected chi connectivity index (χ3v) is 9.35. The lowest BCUT2D eigenvalue weighted by Gasteiger charge is -2.38. The Balaban J connectivity index is 1.35. The maximum absolute atomic E-state index is 13.9. The third kappa shape index (κ3) is 8.46. The molecule has 44 heavy (non-hydrogen) atoms. The molecule has 1 aliphatic carbocycles. The number of nitrogens with zero attached hydrogens (tertiary/aromatic N) is 3. The standard InChI is InChI=1S/C32H48N6O5S/c1-20(29(41)37-17-15-36(16-18-37)23-9-7-6-8-10-23)33-31(43)35-27(32(3,4)5)30(42)38-14-13-25(44)26(38)28(40)34-24(21(2)39)19-22-11-12-22/h6-10,20,22,24-27,44H,11-19H2,1-5H3,(H,34,40)(H2,33,35,43). The Hall–Kier alpha value is -3.28. The number of urea groups is 1. The van der Waals surface area contributed by atoms with Gasteiger partial charge < -0.3 is 30.7 Å². The number of likely N-dealkylation sites (tertiary alicyclic amines) is 1. The zero-order valence-corrected chi connectivity index (χ0v) is 27.4. The molecule has 0 aromatic heterocycles. The van der Waals surface area contributed by atoms with Crippen LogP contribution in [0, 0.1) is 11.3 Å². The van der Waals surface area contributed by atoms with Crippen LogP contribution in [-0.2, 0) is 19.2 Å². The molecule has 2 saturated heterocycles. The van der Waals surface area contributed by atoms with Crippen LogP contribution < -0.4 is 20.9 Å². The summed E-state index contributed by atoms with van der Waals surface area (Å²) in [6, 6.07) is 6.19. The summed E-state index contributed by atoms with van der Waals surface area (Å²) >= 11 is 4.61. The van der Waals surface area contributed by atoms with Gasteiger partial charge in [-0.05, 0) is 50.2 Å². The van der Waals surface area contributed by atoms with Crippen molar-refractivity contribution < 1.29 is 24.0 Å². The molecule has 2 aliphatic heterocycles. The average molecular weight is 629 g/mol. The number of piperazine rings is 1. The molecule has 0 bridgehead atoms. The van der Waals surface area contributed by atoms with Gasteiger partial charge in [0, 0.05) is 43.7 Å². The zero-order valence-electron chi connectivity index (χ0n) is 26.5. The van der Waals surface area contributed by atoms with Crippen molar-refractivity contribution in [3.05, 3.63) is 30.3 Å². The van der Waals surface area contributed by atoms with Gasteiger partial charge in [0.05, 0.1) is 6.04 Å². The topological polar surface area (TPSA) is 131 Å². The number of benzene rings is 1. The van der Waals surface area contributed by atoms with E-state index in [2.05, 4.69) is 33.5 Å². The fourth-order valence-corrected chi connectivity index (χ4v) is 6.37. The minimum absolute atomic E-state index is 0.107. The summed E-state index contributed by atoms with van der Waals surface area (Å²) in [5, 5.41) is 7.97. The van der Waals surface area contributed by atoms with E-state index in [1.165, 1.54) is 11.8 Å². The summed E-state index contributed by atoms with van der Waals surface area (Å²) in [6.45, 7) is 11.4. The van der Waals surface area contributed by atoms with Crippen LogP contribution in [0.2, 0.25) is 0 Å². The van der Waals surface area contributed by atoms with Crippen LogP contribution in [0.5, 0.6) is 0 Å². The van der Waals surface area contributed by atoms with Gasteiger partial charge in [0.15, 0.2) is 5.78 Å². The lowest BCUT2D eigenvalue weighted by Crippen LogP contribution is -2.62. The summed E-state index contributed by atoms with van der Waals surface area (Å²) in [7, 11) is 0. The van der Waals surface area contributed by atoms with Gasteiger partial charge in [-0.2, -0.15) is 12.6 Å². The number of carbonyl (C=O) groups is 5. The molecule has 12 heteroatoms. The van der Waals surface area contributed by atoms with E-state index in [1.807, 2.05) is 51.1 Å². The number of amides is 5. The van der Waals surface area contributed by atoms with Gasteiger partial charge in [-0.25, -0.2) is 4.79 Å². The fourth-order valence-electron chi connectivity index (χ4n) is 5.95. The number of thiol groups is 1. The van der Waals surface area contributed by atoms with Gasteiger partial charge in [-0.15, -0.1) is 0 Å². The zero-order chi connectivity index (χ0) is 32.2. The second kappa shape index (κ2) is 14.2. The molecule has 3 aliphatic rings. The highest BCUT2D eigenvalue weighted by molar-refractivity contribution is 7.81. The number of anilines is 1. The smallest absolute Gasteiger partial charge is 0.316 e. The van der Waals surface area contributed by atoms with Crippen molar-refractivity contribution in [1.29, 1.82) is 0 Å². The molecular formula is C32H48N6O5S. The minimum Gasteiger partial charge on any atom is -0.368 e. The summed E-state index contributed by atoms with van der Waals surface area (Å²) < 4.78 is 0. The molecule has 11 nitrogen and oxygen atoms in total. The first-order chi connectivity index (χ1) is 20.8. The van der Waals surface area contributed by atoms with Crippen molar-refractivity contribution in [2.75, 3.05) is 37.6 Å². The van der Waals surface area contributed by atoms with E-state index < -0.39 is 52.7 Å². The maximum Gasteiger partial charge on any atom is 0.316 e. The van der Waals surface area contributed by atoms with Crippen molar-refractivity contribution in [3.63, 3.8) is 0 Å². The molecule has 5 unspecified atom stereocenters. The lowest BCUT2D eigenvalue weighted by atomic mass is 9.85. The van der Waals surface area contributed by atoms with Gasteiger partial charge >= 0.3 is 6.03 Å². The molecule has 242 valence electrons. The maximum atomic E-state index is 13.9. The van der Waals surface area contributed by atoms with Gasteiger partial charge in [0.25, 0.3) is 0 Å². The summed E-state index contributed by atoms with van der Waals surface area (Å²) in [4.78, 5) is 71.3. The van der Waals surface area contributed by atoms with Crippen molar-refractivity contribution in [3.8, 4) is 0 Å². The van der Waals surface area contributed by atoms with Crippen LogP contribution in [0.25, 0.3) is 0 Å². The lowest BCUT2D eigenvalue weighted by molar-refractivity contribution is -0.142. The highest BCUT2D eigenvalue weighted by Gasteiger charge is 2.46. The number of hydrogen-bond acceptors (Lipinski definition) is 7. The predicted molar refractivity (Wildman–Crippen MR) is 172 cm³/mol. The Bertz CT molecular complexity index is 1210. The molecule has 3 N–H and O–H groups in total. The van der Waals surface area contributed by atoms with E-state index in [-0.39, 0.29) is 11.7 Å². The van der Waals surface area contributed by atoms with Crippen LogP contribution in [0.15, 0.2) is 30.3 Å². The second-order valence-corrected chi connectivity index (χ2v) is 14.1. The molecule has 5 amide bonds. The normalized spacial score (nSPS) is 22.5. The van der Waals surface area contributed by atoms with Gasteiger partial charge in [0.2, 0.25) is 17.7 Å². The molecule has 1 saturated carbocycles. The van der Waals surface area contributed by atoms with Crippen LogP contribution in [-0.4, -0.2) is 101 Å². The third-order valence-electron chi connectivity index (χ3n) is 8.81. The first kappa shape index (κ1) is 33.6. The molecule has 3 fully saturated rings. The Morgan fingerprint density at radius 2 is 1.52 bits per heavy atom. The molecular weight excluding hydrogens is 580 g/mol. The summed E-state index contributed by atoms with van der Waals surface area (Å²) in [5.41, 5.74) is 0.418. The number of nitrogens with one attached hydrogen (secondary N) is 3. The van der Waals surface area contributed by atoms with Crippen molar-refractivity contribution >= 4 is 47.9 Å². The Morgan fingerprint density at radius 1 is 0.886 bits per heavy atom. The number of para-hydroxylation sites is 1. The highest BCUT2D eigenvalue weighted by Crippen LogP contribution is 2.34. The minimum atomic E-state index is -0.969. The van der Waals surface area contributed by atoms with Gasteiger partial charge in [-0.1, -0.05) is 51.8 Å². The van der Waals surface area contributed by atoms with Crippen molar-refractivity contribution in [2.45, 2.75) is 89.7 Å². The molecule has 2 heterocycles. The van der Waals surface area contributed by atoms with E-state index in [4.69, 9.17) is 0 Å². The van der Waals surface area contributed by atoms with Crippen LogP contribution in [0.4, 0.5) is 10.5 Å². The van der Waals surface area contributed by atoms with Crippen LogP contribution >= 0.6 is 12.6 Å². The number of hydrogen-bond donors (Lipinski definition) is 4. The number of ketones is 1. The predicted octanol–water partition coefficient (Wildman–Crippen LogP) is 2.21. The van der Waals surface area contributed by atoms with Gasteiger partial charge in [-0.3, -0.25) is 19.2 Å². The molecule has 0 spiro atoms. The van der Waals surface area contributed by atoms with Crippen molar-refractivity contribution in [2.24, 2.45) is 11.3 Å². The Labute approximate surface area is 266 Å². The summed E-state index contributed by atoms with van der Waals surface area (Å²) in [5.74, 6) is -0.655. The summed E-state index contributed by atoms with van der Waals surface area (Å²) in [6.07, 6.45) is 3.22. The van der Waals surface area contributed by atoms with Crippen LogP contribution in [0.3, 0.4) is 0 Å². The monoisotopic (exact) mass is 628 g/mol. The highest BCUT2D eigenvalue weighted by atomic mass is 32.1. The molecule has 1 aromatic rings. The number of Topliss-reactive ketones (excluding diaryl/α,β-unsaturated/α-hetero) is 1. The van der Waals surface area contributed by atoms with E-state index in [9.17, 15) is 24.0 Å². The van der Waals surface area contributed by atoms with E-state index in [0.29, 0.717) is 51.5 Å². The molecule has 0 radical (unpaired) electrons. The quantitative estimate of drug-likeness (QED) is 0.294. The van der Waals surface area contributed by atoms with E-state index in [0.717, 1.165) is 18.5 Å². The van der Waals surface area contributed by atoms with Crippen molar-refractivity contribution in [1.82, 2.24) is 25.8 Å². The van der Waals surface area contributed by atoms with Crippen LogP contribution in [0.1, 0.15) is 60.3 Å². The fraction of sp³-hybridized carbons (Fsp3) is 0.656. The number of rotatable bonds is 10. The van der Waals surface area contributed by atoms with Gasteiger partial charge in [0.1, 0.15) is 18.1 Å². The largest absolute Gasteiger partial charge is 0.368 e. The molecule has 5 atom stereocenters. The molecule has 4 rings (SSSR count). The Kier molecular flexibility index (Phi) is 10.9. The first-order valence-electron chi connectivity index (χ1n) is 15.7.